The quantitative estimate of drug-likeness (QED) is 0.921. The fraction of sp³-hybridized carbons (Fsp3) is 0.231. The summed E-state index contributed by atoms with van der Waals surface area (Å²) in [7, 11) is 1.61. The van der Waals surface area contributed by atoms with Crippen LogP contribution >= 0.6 is 11.3 Å². The largest absolute Gasteiger partial charge is 0.497 e. The summed E-state index contributed by atoms with van der Waals surface area (Å²) < 4.78 is 5.17. The standard InChI is InChI=1S/C13H13NO3S/c1-8-14-11(7-12(15)16)13(18-8)9-4-3-5-10(6-9)17-2/h3-6H,7H2,1-2H3,(H,15,16). The number of thiazole rings is 1. The molecule has 0 fully saturated rings. The van der Waals surface area contributed by atoms with Crippen molar-refractivity contribution in [1.82, 2.24) is 4.98 Å². The number of hydrogen-bond acceptors (Lipinski definition) is 4. The zero-order valence-corrected chi connectivity index (χ0v) is 11.0. The highest BCUT2D eigenvalue weighted by Crippen LogP contribution is 2.32. The topological polar surface area (TPSA) is 59.4 Å². The molecule has 2 aromatic rings. The summed E-state index contributed by atoms with van der Waals surface area (Å²) in [5.74, 6) is -0.121. The van der Waals surface area contributed by atoms with Crippen molar-refractivity contribution in [2.75, 3.05) is 7.11 Å². The molecule has 0 saturated heterocycles. The maximum Gasteiger partial charge on any atom is 0.309 e. The third kappa shape index (κ3) is 2.68. The van der Waals surface area contributed by atoms with E-state index in [1.165, 1.54) is 11.3 Å². The molecule has 1 heterocycles. The molecule has 0 amide bonds. The van der Waals surface area contributed by atoms with Crippen LogP contribution in [0.2, 0.25) is 0 Å². The number of carboxylic acid groups (broad SMARTS) is 1. The van der Waals surface area contributed by atoms with Crippen LogP contribution < -0.4 is 4.74 Å². The van der Waals surface area contributed by atoms with Gasteiger partial charge >= 0.3 is 5.97 Å². The van der Waals surface area contributed by atoms with Crippen LogP contribution in [0.4, 0.5) is 0 Å². The SMILES string of the molecule is COc1cccc(-c2sc(C)nc2CC(=O)O)c1. The Kier molecular flexibility index (Phi) is 3.62. The minimum atomic E-state index is -0.871. The number of ether oxygens (including phenoxy) is 1. The highest BCUT2D eigenvalue weighted by Gasteiger charge is 2.14. The first kappa shape index (κ1) is 12.6. The molecule has 0 atom stereocenters. The van der Waals surface area contributed by atoms with Gasteiger partial charge in [0.2, 0.25) is 0 Å². The average Bonchev–Trinajstić information content (AvgIpc) is 2.69. The van der Waals surface area contributed by atoms with Crippen LogP contribution in [0, 0.1) is 6.92 Å². The molecule has 18 heavy (non-hydrogen) atoms. The lowest BCUT2D eigenvalue weighted by Crippen LogP contribution is -2.01. The molecule has 0 bridgehead atoms. The Morgan fingerprint density at radius 2 is 2.28 bits per heavy atom. The predicted octanol–water partition coefficient (Wildman–Crippen LogP) is 2.75. The van der Waals surface area contributed by atoms with Crippen molar-refractivity contribution in [2.24, 2.45) is 0 Å². The van der Waals surface area contributed by atoms with E-state index in [0.29, 0.717) is 5.69 Å². The van der Waals surface area contributed by atoms with Gasteiger partial charge in [-0.05, 0) is 24.6 Å². The monoisotopic (exact) mass is 263 g/mol. The van der Waals surface area contributed by atoms with Gasteiger partial charge in [0.15, 0.2) is 0 Å². The highest BCUT2D eigenvalue weighted by atomic mass is 32.1. The van der Waals surface area contributed by atoms with E-state index in [-0.39, 0.29) is 6.42 Å². The second kappa shape index (κ2) is 5.18. The fourth-order valence-corrected chi connectivity index (χ4v) is 2.65. The Bertz CT molecular complexity index is 577. The molecule has 4 nitrogen and oxygen atoms in total. The van der Waals surface area contributed by atoms with Gasteiger partial charge < -0.3 is 9.84 Å². The second-order valence-corrected chi connectivity index (χ2v) is 5.01. The van der Waals surface area contributed by atoms with Crippen LogP contribution in [0.3, 0.4) is 0 Å². The van der Waals surface area contributed by atoms with E-state index in [9.17, 15) is 4.79 Å². The van der Waals surface area contributed by atoms with Gasteiger partial charge in [-0.15, -0.1) is 11.3 Å². The van der Waals surface area contributed by atoms with Gasteiger partial charge in [-0.25, -0.2) is 4.98 Å². The summed E-state index contributed by atoms with van der Waals surface area (Å²) in [5.41, 5.74) is 1.55. The molecule has 0 unspecified atom stereocenters. The summed E-state index contributed by atoms with van der Waals surface area (Å²) in [6.45, 7) is 1.87. The van der Waals surface area contributed by atoms with E-state index in [0.717, 1.165) is 21.2 Å². The first-order valence-electron chi connectivity index (χ1n) is 5.42. The van der Waals surface area contributed by atoms with Crippen molar-refractivity contribution in [1.29, 1.82) is 0 Å². The van der Waals surface area contributed by atoms with E-state index in [2.05, 4.69) is 4.98 Å². The van der Waals surface area contributed by atoms with Gasteiger partial charge in [0, 0.05) is 0 Å². The number of carboxylic acids is 1. The Morgan fingerprint density at radius 1 is 1.50 bits per heavy atom. The molecule has 2 rings (SSSR count). The summed E-state index contributed by atoms with van der Waals surface area (Å²) >= 11 is 1.50. The third-order valence-electron chi connectivity index (χ3n) is 2.45. The lowest BCUT2D eigenvalue weighted by Gasteiger charge is -2.03. The molecule has 0 spiro atoms. The van der Waals surface area contributed by atoms with Gasteiger partial charge in [-0.1, -0.05) is 12.1 Å². The zero-order valence-electron chi connectivity index (χ0n) is 10.1. The van der Waals surface area contributed by atoms with Gasteiger partial charge in [0.25, 0.3) is 0 Å². The molecule has 1 aromatic heterocycles. The molecule has 0 aliphatic carbocycles. The maximum atomic E-state index is 10.8. The minimum absolute atomic E-state index is 0.0586. The van der Waals surface area contributed by atoms with Crippen molar-refractivity contribution in [3.63, 3.8) is 0 Å². The molecule has 1 N–H and O–H groups in total. The van der Waals surface area contributed by atoms with Gasteiger partial charge in [0.05, 0.1) is 29.1 Å². The van der Waals surface area contributed by atoms with Crippen molar-refractivity contribution < 1.29 is 14.6 Å². The number of methoxy groups -OCH3 is 1. The van der Waals surface area contributed by atoms with Gasteiger partial charge in [-0.3, -0.25) is 4.79 Å². The van der Waals surface area contributed by atoms with Crippen molar-refractivity contribution in [3.05, 3.63) is 35.0 Å². The molecule has 0 aliphatic heterocycles. The van der Waals surface area contributed by atoms with E-state index in [1.54, 1.807) is 7.11 Å². The number of aliphatic carboxylic acids is 1. The molecular weight excluding hydrogens is 250 g/mol. The summed E-state index contributed by atoms with van der Waals surface area (Å²) in [6.07, 6.45) is -0.0586. The molecule has 0 radical (unpaired) electrons. The van der Waals surface area contributed by atoms with Crippen LogP contribution in [0.25, 0.3) is 10.4 Å². The number of aryl methyl sites for hydroxylation is 1. The lowest BCUT2D eigenvalue weighted by molar-refractivity contribution is -0.136. The van der Waals surface area contributed by atoms with Crippen molar-refractivity contribution in [3.8, 4) is 16.2 Å². The first-order valence-corrected chi connectivity index (χ1v) is 6.24. The second-order valence-electron chi connectivity index (χ2n) is 3.81. The minimum Gasteiger partial charge on any atom is -0.497 e. The number of hydrogen-bond donors (Lipinski definition) is 1. The molecule has 1 aromatic carbocycles. The van der Waals surface area contributed by atoms with Crippen LogP contribution in [-0.2, 0) is 11.2 Å². The molecular formula is C13H13NO3S. The molecule has 0 aliphatic rings. The van der Waals surface area contributed by atoms with Crippen LogP contribution in [-0.4, -0.2) is 23.2 Å². The van der Waals surface area contributed by atoms with Crippen LogP contribution in [0.5, 0.6) is 5.75 Å². The van der Waals surface area contributed by atoms with Crippen LogP contribution in [0.15, 0.2) is 24.3 Å². The van der Waals surface area contributed by atoms with E-state index in [1.807, 2.05) is 31.2 Å². The Morgan fingerprint density at radius 3 is 2.94 bits per heavy atom. The van der Waals surface area contributed by atoms with Gasteiger partial charge in [0.1, 0.15) is 5.75 Å². The fourth-order valence-electron chi connectivity index (χ4n) is 1.72. The summed E-state index contributed by atoms with van der Waals surface area (Å²) in [5, 5.41) is 9.75. The lowest BCUT2D eigenvalue weighted by atomic mass is 10.1. The maximum absolute atomic E-state index is 10.8. The Hall–Kier alpha value is -1.88. The first-order chi connectivity index (χ1) is 8.60. The molecule has 94 valence electrons. The Labute approximate surface area is 109 Å². The summed E-state index contributed by atoms with van der Waals surface area (Å²) in [4.78, 5) is 16.0. The van der Waals surface area contributed by atoms with E-state index < -0.39 is 5.97 Å². The number of aromatic nitrogens is 1. The predicted molar refractivity (Wildman–Crippen MR) is 70.2 cm³/mol. The molecule has 0 saturated carbocycles. The normalized spacial score (nSPS) is 10.3. The Balaban J connectivity index is 2.45. The van der Waals surface area contributed by atoms with Crippen LogP contribution in [0.1, 0.15) is 10.7 Å². The van der Waals surface area contributed by atoms with Crippen molar-refractivity contribution >= 4 is 17.3 Å². The van der Waals surface area contributed by atoms with Crippen molar-refractivity contribution in [2.45, 2.75) is 13.3 Å². The van der Waals surface area contributed by atoms with Gasteiger partial charge in [-0.2, -0.15) is 0 Å². The number of carbonyl (C=O) groups is 1. The van der Waals surface area contributed by atoms with E-state index in [4.69, 9.17) is 9.84 Å². The number of benzene rings is 1. The van der Waals surface area contributed by atoms with E-state index >= 15 is 0 Å². The summed E-state index contributed by atoms with van der Waals surface area (Å²) in [6, 6.07) is 7.56. The highest BCUT2D eigenvalue weighted by molar-refractivity contribution is 7.15. The smallest absolute Gasteiger partial charge is 0.309 e. The molecule has 5 heteroatoms. The number of rotatable bonds is 4. The number of nitrogens with zero attached hydrogens (tertiary/aromatic N) is 1. The average molecular weight is 263 g/mol. The zero-order chi connectivity index (χ0) is 13.1. The third-order valence-corrected chi connectivity index (χ3v) is 3.52.